The molecule has 0 aliphatic heterocycles. The minimum Gasteiger partial charge on any atom is -0.207 e. The Morgan fingerprint density at radius 1 is 1.12 bits per heavy atom. The predicted molar refractivity (Wildman–Crippen MR) is 81.5 cm³/mol. The number of halogens is 5. The number of rotatable bonds is 2. The molecule has 0 saturated carbocycles. The van der Waals surface area contributed by atoms with Crippen molar-refractivity contribution in [1.82, 2.24) is 0 Å². The van der Waals surface area contributed by atoms with E-state index in [0.717, 1.165) is 18.7 Å². The van der Waals surface area contributed by atoms with Gasteiger partial charge in [0.25, 0.3) is 0 Å². The van der Waals surface area contributed by atoms with Crippen LogP contribution in [0.5, 0.6) is 0 Å². The standard InChI is InChI=1S/C11H5Br3ClFS/c12-6-1-5(2-7(16)3-6)10(15)9-4-8(13)11(14)17-9/h1-4,10H. The average Bonchev–Trinajstić information content (AvgIpc) is 2.57. The molecule has 0 fully saturated rings. The average molecular weight is 463 g/mol. The molecule has 1 unspecified atom stereocenters. The van der Waals surface area contributed by atoms with E-state index in [1.54, 1.807) is 0 Å². The van der Waals surface area contributed by atoms with Crippen LogP contribution in [0, 0.1) is 5.82 Å². The molecule has 0 amide bonds. The van der Waals surface area contributed by atoms with Gasteiger partial charge in [-0.2, -0.15) is 0 Å². The second-order valence-electron chi connectivity index (χ2n) is 3.34. The van der Waals surface area contributed by atoms with E-state index in [2.05, 4.69) is 47.8 Å². The third-order valence-corrected chi connectivity index (χ3v) is 6.49. The van der Waals surface area contributed by atoms with Gasteiger partial charge >= 0.3 is 0 Å². The summed E-state index contributed by atoms with van der Waals surface area (Å²) in [6, 6.07) is 6.62. The molecule has 0 bridgehead atoms. The van der Waals surface area contributed by atoms with Gasteiger partial charge in [-0.15, -0.1) is 22.9 Å². The third-order valence-electron chi connectivity index (χ3n) is 2.09. The van der Waals surface area contributed by atoms with Crippen molar-refractivity contribution in [2.24, 2.45) is 0 Å². The summed E-state index contributed by atoms with van der Waals surface area (Å²) in [4.78, 5) is 0.961. The van der Waals surface area contributed by atoms with Gasteiger partial charge in [0.15, 0.2) is 0 Å². The monoisotopic (exact) mass is 460 g/mol. The number of alkyl halides is 1. The van der Waals surface area contributed by atoms with Crippen LogP contribution in [-0.2, 0) is 0 Å². The highest BCUT2D eigenvalue weighted by Gasteiger charge is 2.16. The summed E-state index contributed by atoms with van der Waals surface area (Å²) in [5.41, 5.74) is 0.736. The largest absolute Gasteiger partial charge is 0.207 e. The first kappa shape index (κ1) is 14.0. The molecule has 2 rings (SSSR count). The van der Waals surface area contributed by atoms with E-state index in [1.807, 2.05) is 12.1 Å². The molecular weight excluding hydrogens is 458 g/mol. The predicted octanol–water partition coefficient (Wildman–Crippen LogP) is 6.50. The van der Waals surface area contributed by atoms with Gasteiger partial charge in [0.1, 0.15) is 5.82 Å². The maximum Gasteiger partial charge on any atom is 0.124 e. The van der Waals surface area contributed by atoms with Crippen LogP contribution in [0.15, 0.2) is 37.0 Å². The van der Waals surface area contributed by atoms with Crippen molar-refractivity contribution in [3.63, 3.8) is 0 Å². The zero-order valence-electron chi connectivity index (χ0n) is 8.18. The molecule has 0 radical (unpaired) electrons. The highest BCUT2D eigenvalue weighted by molar-refractivity contribution is 9.13. The zero-order chi connectivity index (χ0) is 12.6. The molecule has 0 aliphatic carbocycles. The van der Waals surface area contributed by atoms with E-state index in [9.17, 15) is 4.39 Å². The van der Waals surface area contributed by atoms with Gasteiger partial charge in [-0.3, -0.25) is 0 Å². The van der Waals surface area contributed by atoms with E-state index in [-0.39, 0.29) is 11.2 Å². The Morgan fingerprint density at radius 3 is 2.35 bits per heavy atom. The molecule has 6 heteroatoms. The van der Waals surface area contributed by atoms with Crippen molar-refractivity contribution in [3.05, 3.63) is 53.3 Å². The van der Waals surface area contributed by atoms with E-state index in [4.69, 9.17) is 11.6 Å². The molecule has 17 heavy (non-hydrogen) atoms. The van der Waals surface area contributed by atoms with Gasteiger partial charge in [0.05, 0.1) is 9.16 Å². The van der Waals surface area contributed by atoms with Crippen molar-refractivity contribution in [2.75, 3.05) is 0 Å². The Balaban J connectivity index is 2.39. The van der Waals surface area contributed by atoms with Gasteiger partial charge < -0.3 is 0 Å². The van der Waals surface area contributed by atoms with Crippen LogP contribution in [0.1, 0.15) is 15.8 Å². The molecule has 0 spiro atoms. The van der Waals surface area contributed by atoms with E-state index in [0.29, 0.717) is 4.47 Å². The number of benzene rings is 1. The quantitative estimate of drug-likeness (QED) is 0.446. The van der Waals surface area contributed by atoms with Gasteiger partial charge in [0.2, 0.25) is 0 Å². The molecular formula is C11H5Br3ClFS. The number of thiophene rings is 1. The number of hydrogen-bond acceptors (Lipinski definition) is 1. The maximum absolute atomic E-state index is 13.3. The second-order valence-corrected chi connectivity index (χ2v) is 7.94. The van der Waals surface area contributed by atoms with E-state index >= 15 is 0 Å². The minimum absolute atomic E-state index is 0.297. The lowest BCUT2D eigenvalue weighted by atomic mass is 10.1. The smallest absolute Gasteiger partial charge is 0.124 e. The van der Waals surface area contributed by atoms with Gasteiger partial charge in [-0.1, -0.05) is 15.9 Å². The lowest BCUT2D eigenvalue weighted by Gasteiger charge is -2.08. The fraction of sp³-hybridized carbons (Fsp3) is 0.0909. The Bertz CT molecular complexity index is 516. The van der Waals surface area contributed by atoms with Gasteiger partial charge in [-0.25, -0.2) is 4.39 Å². The first-order valence-electron chi connectivity index (χ1n) is 4.52. The van der Waals surface area contributed by atoms with Crippen LogP contribution in [0.4, 0.5) is 4.39 Å². The van der Waals surface area contributed by atoms with Gasteiger partial charge in [-0.05, 0) is 61.7 Å². The summed E-state index contributed by atoms with van der Waals surface area (Å²) < 4.78 is 15.9. The molecule has 1 heterocycles. The molecule has 90 valence electrons. The topological polar surface area (TPSA) is 0 Å². The molecule has 1 atom stereocenters. The summed E-state index contributed by atoms with van der Waals surface area (Å²) in [5, 5.41) is -0.352. The maximum atomic E-state index is 13.3. The van der Waals surface area contributed by atoms with Gasteiger partial charge in [0, 0.05) is 13.8 Å². The lowest BCUT2D eigenvalue weighted by Crippen LogP contribution is -1.91. The van der Waals surface area contributed by atoms with Crippen molar-refractivity contribution >= 4 is 70.7 Å². The molecule has 0 nitrogen and oxygen atoms in total. The molecule has 0 N–H and O–H groups in total. The van der Waals surface area contributed by atoms with Crippen LogP contribution in [0.25, 0.3) is 0 Å². The molecule has 0 aliphatic rings. The minimum atomic E-state index is -0.352. The third kappa shape index (κ3) is 3.32. The molecule has 0 saturated heterocycles. The Labute approximate surface area is 133 Å². The van der Waals surface area contributed by atoms with Crippen molar-refractivity contribution in [3.8, 4) is 0 Å². The fourth-order valence-corrected chi connectivity index (χ4v) is 4.28. The van der Waals surface area contributed by atoms with E-state index < -0.39 is 0 Å². The normalized spacial score (nSPS) is 12.8. The summed E-state index contributed by atoms with van der Waals surface area (Å²) in [5.74, 6) is -0.297. The molecule has 1 aromatic carbocycles. The second kappa shape index (κ2) is 5.70. The molecule has 2 aromatic rings. The van der Waals surface area contributed by atoms with Crippen molar-refractivity contribution in [2.45, 2.75) is 5.38 Å². The Hall–Kier alpha value is 0.580. The Kier molecular flexibility index (Phi) is 4.69. The molecule has 1 aromatic heterocycles. The highest BCUT2D eigenvalue weighted by Crippen LogP contribution is 2.40. The zero-order valence-corrected chi connectivity index (χ0v) is 14.5. The van der Waals surface area contributed by atoms with E-state index in [1.165, 1.54) is 23.5 Å². The fourth-order valence-electron chi connectivity index (χ4n) is 1.37. The van der Waals surface area contributed by atoms with Crippen LogP contribution in [-0.4, -0.2) is 0 Å². The van der Waals surface area contributed by atoms with Crippen LogP contribution in [0.3, 0.4) is 0 Å². The number of hydrogen-bond donors (Lipinski definition) is 0. The lowest BCUT2D eigenvalue weighted by molar-refractivity contribution is 0.625. The highest BCUT2D eigenvalue weighted by atomic mass is 79.9. The summed E-state index contributed by atoms with van der Waals surface area (Å²) in [6.45, 7) is 0. The summed E-state index contributed by atoms with van der Waals surface area (Å²) in [6.07, 6.45) is 0. The van der Waals surface area contributed by atoms with Crippen molar-refractivity contribution in [1.29, 1.82) is 0 Å². The van der Waals surface area contributed by atoms with Crippen molar-refractivity contribution < 1.29 is 4.39 Å². The first-order chi connectivity index (χ1) is 7.97. The first-order valence-corrected chi connectivity index (χ1v) is 8.15. The van der Waals surface area contributed by atoms with Crippen LogP contribution in [0.2, 0.25) is 0 Å². The Morgan fingerprint density at radius 2 is 1.82 bits per heavy atom. The SMILES string of the molecule is Fc1cc(Br)cc(C(Cl)c2cc(Br)c(Br)s2)c1. The van der Waals surface area contributed by atoms with Crippen LogP contribution < -0.4 is 0 Å². The van der Waals surface area contributed by atoms with Crippen LogP contribution >= 0.6 is 70.7 Å². The summed E-state index contributed by atoms with van der Waals surface area (Å²) >= 11 is 18.0. The summed E-state index contributed by atoms with van der Waals surface area (Å²) in [7, 11) is 0.